The van der Waals surface area contributed by atoms with Crippen LogP contribution in [0.3, 0.4) is 0 Å². The van der Waals surface area contributed by atoms with Crippen LogP contribution in [-0.2, 0) is 0 Å². The molecule has 15 heavy (non-hydrogen) atoms. The van der Waals surface area contributed by atoms with E-state index in [4.69, 9.17) is 5.41 Å². The van der Waals surface area contributed by atoms with Crippen LogP contribution >= 0.6 is 0 Å². The van der Waals surface area contributed by atoms with E-state index in [1.165, 1.54) is 32.1 Å². The van der Waals surface area contributed by atoms with Gasteiger partial charge in [0.15, 0.2) is 0 Å². The highest BCUT2D eigenvalue weighted by Crippen LogP contribution is 2.32. The lowest BCUT2D eigenvalue weighted by Crippen LogP contribution is -2.46. The molecule has 2 rings (SSSR count). The van der Waals surface area contributed by atoms with Crippen LogP contribution in [0.25, 0.3) is 0 Å². The molecule has 2 nitrogen and oxygen atoms in total. The summed E-state index contributed by atoms with van der Waals surface area (Å²) in [5.74, 6) is 2.62. The normalized spacial score (nSPS) is 38.1. The highest BCUT2D eigenvalue weighted by atomic mass is 15.2. The molecule has 1 heterocycles. The van der Waals surface area contributed by atoms with Gasteiger partial charge < -0.3 is 4.90 Å². The Morgan fingerprint density at radius 3 is 2.33 bits per heavy atom. The van der Waals surface area contributed by atoms with Gasteiger partial charge in [0.25, 0.3) is 0 Å². The summed E-state index contributed by atoms with van der Waals surface area (Å²) in [5, 5.41) is 8.04. The quantitative estimate of drug-likeness (QED) is 0.703. The Balaban J connectivity index is 1.99. The lowest BCUT2D eigenvalue weighted by molar-refractivity contribution is 0.156. The molecule has 2 fully saturated rings. The molecule has 0 bridgehead atoms. The monoisotopic (exact) mass is 208 g/mol. The van der Waals surface area contributed by atoms with E-state index in [2.05, 4.69) is 18.7 Å². The summed E-state index contributed by atoms with van der Waals surface area (Å²) in [6, 6.07) is 0.677. The molecule has 2 aliphatic rings. The van der Waals surface area contributed by atoms with Crippen LogP contribution in [-0.4, -0.2) is 23.3 Å². The van der Waals surface area contributed by atoms with E-state index in [0.717, 1.165) is 30.6 Å². The number of hydrogen-bond donors (Lipinski definition) is 1. The van der Waals surface area contributed by atoms with Crippen molar-refractivity contribution < 1.29 is 0 Å². The Morgan fingerprint density at radius 2 is 1.73 bits per heavy atom. The number of rotatable bonds is 1. The molecule has 2 atom stereocenters. The van der Waals surface area contributed by atoms with Crippen LogP contribution in [0.2, 0.25) is 0 Å². The van der Waals surface area contributed by atoms with Crippen LogP contribution in [0, 0.1) is 17.2 Å². The molecule has 1 N–H and O–H groups in total. The van der Waals surface area contributed by atoms with Gasteiger partial charge in [-0.15, -0.1) is 0 Å². The molecule has 0 aromatic rings. The van der Waals surface area contributed by atoms with E-state index >= 15 is 0 Å². The van der Waals surface area contributed by atoms with Crippen LogP contribution < -0.4 is 0 Å². The summed E-state index contributed by atoms with van der Waals surface area (Å²) in [5.41, 5.74) is 0. The molecule has 0 aromatic heterocycles. The predicted molar refractivity (Wildman–Crippen MR) is 64.3 cm³/mol. The summed E-state index contributed by atoms with van der Waals surface area (Å²) in [6.45, 7) is 5.88. The maximum Gasteiger partial charge on any atom is 0.0960 e. The van der Waals surface area contributed by atoms with Gasteiger partial charge in [-0.25, -0.2) is 0 Å². The third-order valence-corrected chi connectivity index (χ3v) is 4.00. The van der Waals surface area contributed by atoms with Crippen LogP contribution in [0.15, 0.2) is 0 Å². The summed E-state index contributed by atoms with van der Waals surface area (Å²) in [4.78, 5) is 2.40. The highest BCUT2D eigenvalue weighted by Gasteiger charge is 2.30. The second kappa shape index (κ2) is 4.54. The molecule has 2 heteroatoms. The molecule has 0 aromatic carbocycles. The second-order valence-electron chi connectivity index (χ2n) is 5.67. The third-order valence-electron chi connectivity index (χ3n) is 4.00. The molecular formula is C13H24N2. The van der Waals surface area contributed by atoms with E-state index in [0.29, 0.717) is 6.04 Å². The minimum absolute atomic E-state index is 0.677. The first-order valence-corrected chi connectivity index (χ1v) is 6.51. The second-order valence-corrected chi connectivity index (χ2v) is 5.67. The topological polar surface area (TPSA) is 27.1 Å². The maximum atomic E-state index is 8.04. The number of amidine groups is 1. The van der Waals surface area contributed by atoms with E-state index in [1.54, 1.807) is 0 Å². The lowest BCUT2D eigenvalue weighted by atomic mass is 9.79. The molecular weight excluding hydrogens is 184 g/mol. The first-order valence-electron chi connectivity index (χ1n) is 6.51. The molecule has 86 valence electrons. The first kappa shape index (κ1) is 11.0. The molecule has 2 unspecified atom stereocenters. The van der Waals surface area contributed by atoms with Crippen molar-refractivity contribution in [2.75, 3.05) is 6.54 Å². The van der Waals surface area contributed by atoms with Gasteiger partial charge in [0.2, 0.25) is 0 Å². The first-order chi connectivity index (χ1) is 7.16. The molecule has 0 amide bonds. The zero-order valence-corrected chi connectivity index (χ0v) is 10.1. The van der Waals surface area contributed by atoms with E-state index in [9.17, 15) is 0 Å². The van der Waals surface area contributed by atoms with Crippen molar-refractivity contribution in [1.82, 2.24) is 4.90 Å². The van der Waals surface area contributed by atoms with Gasteiger partial charge in [-0.1, -0.05) is 13.8 Å². The fourth-order valence-electron chi connectivity index (χ4n) is 3.42. The van der Waals surface area contributed by atoms with Crippen molar-refractivity contribution in [2.24, 2.45) is 11.8 Å². The van der Waals surface area contributed by atoms with Crippen molar-refractivity contribution in [3.05, 3.63) is 0 Å². The Labute approximate surface area is 93.6 Å². The smallest absolute Gasteiger partial charge is 0.0960 e. The van der Waals surface area contributed by atoms with Gasteiger partial charge in [-0.2, -0.15) is 0 Å². The van der Waals surface area contributed by atoms with E-state index in [1.807, 2.05) is 0 Å². The van der Waals surface area contributed by atoms with Crippen LogP contribution in [0.1, 0.15) is 52.4 Å². The minimum atomic E-state index is 0.677. The average molecular weight is 208 g/mol. The van der Waals surface area contributed by atoms with Crippen molar-refractivity contribution >= 4 is 5.84 Å². The highest BCUT2D eigenvalue weighted by molar-refractivity contribution is 5.80. The van der Waals surface area contributed by atoms with Gasteiger partial charge in [-0.3, -0.25) is 5.41 Å². The van der Waals surface area contributed by atoms with Crippen LogP contribution in [0.5, 0.6) is 0 Å². The van der Waals surface area contributed by atoms with Crippen molar-refractivity contribution in [1.29, 1.82) is 5.41 Å². The van der Waals surface area contributed by atoms with Gasteiger partial charge in [0.05, 0.1) is 5.84 Å². The molecule has 1 aliphatic carbocycles. The van der Waals surface area contributed by atoms with Crippen molar-refractivity contribution in [3.8, 4) is 0 Å². The summed E-state index contributed by atoms with van der Waals surface area (Å²) in [6.07, 6.45) is 7.55. The van der Waals surface area contributed by atoms with Crippen molar-refractivity contribution in [3.63, 3.8) is 0 Å². The molecule has 1 saturated heterocycles. The fraction of sp³-hybridized carbons (Fsp3) is 0.923. The number of nitrogens with one attached hydrogen (secondary N) is 1. The van der Waals surface area contributed by atoms with E-state index < -0.39 is 0 Å². The summed E-state index contributed by atoms with van der Waals surface area (Å²) < 4.78 is 0. The Hall–Kier alpha value is -0.530. The number of likely N-dealkylation sites (tertiary alicyclic amines) is 1. The molecule has 0 spiro atoms. The minimum Gasteiger partial charge on any atom is -0.358 e. The number of nitrogens with zero attached hydrogens (tertiary/aromatic N) is 1. The molecule has 1 saturated carbocycles. The average Bonchev–Trinajstić information content (AvgIpc) is 2.16. The Morgan fingerprint density at radius 1 is 1.07 bits per heavy atom. The standard InChI is InChI=1S/C13H24N2/c1-10-7-11(2)9-12(8-10)15-6-4-3-5-13(15)14/h10-12,14H,3-9H2,1-2H3. The molecule has 0 radical (unpaired) electrons. The van der Waals surface area contributed by atoms with Gasteiger partial charge in [0, 0.05) is 19.0 Å². The third kappa shape index (κ3) is 2.53. The Kier molecular flexibility index (Phi) is 3.32. The Bertz CT molecular complexity index is 227. The SMILES string of the molecule is CC1CC(C)CC(N2CCCCC2=N)C1. The number of hydrogen-bond acceptors (Lipinski definition) is 1. The summed E-state index contributed by atoms with van der Waals surface area (Å²) >= 11 is 0. The van der Waals surface area contributed by atoms with Crippen molar-refractivity contribution in [2.45, 2.75) is 58.4 Å². The maximum absolute atomic E-state index is 8.04. The summed E-state index contributed by atoms with van der Waals surface area (Å²) in [7, 11) is 0. The fourth-order valence-corrected chi connectivity index (χ4v) is 3.42. The zero-order valence-electron chi connectivity index (χ0n) is 10.1. The largest absolute Gasteiger partial charge is 0.358 e. The number of piperidine rings is 1. The predicted octanol–water partition coefficient (Wildman–Crippen LogP) is 3.27. The lowest BCUT2D eigenvalue weighted by Gasteiger charge is -2.42. The van der Waals surface area contributed by atoms with Gasteiger partial charge in [-0.05, 0) is 43.9 Å². The van der Waals surface area contributed by atoms with Crippen LogP contribution in [0.4, 0.5) is 0 Å². The zero-order chi connectivity index (χ0) is 10.8. The van der Waals surface area contributed by atoms with Gasteiger partial charge >= 0.3 is 0 Å². The van der Waals surface area contributed by atoms with Gasteiger partial charge in [0.1, 0.15) is 0 Å². The van der Waals surface area contributed by atoms with E-state index in [-0.39, 0.29) is 0 Å². The molecule has 1 aliphatic heterocycles.